The van der Waals surface area contributed by atoms with Crippen LogP contribution in [0.3, 0.4) is 0 Å². The maximum atomic E-state index is 14.6. The van der Waals surface area contributed by atoms with E-state index in [1.165, 1.54) is 12.3 Å². The minimum atomic E-state index is -1.51. The fraction of sp³-hybridized carbons (Fsp3) is 0.417. The molecule has 1 aliphatic heterocycles. The summed E-state index contributed by atoms with van der Waals surface area (Å²) in [6, 6.07) is 1.49. The quantitative estimate of drug-likeness (QED) is 0.758. The van der Waals surface area contributed by atoms with Gasteiger partial charge in [-0.05, 0) is 30.4 Å². The summed E-state index contributed by atoms with van der Waals surface area (Å²) < 4.78 is 14.6. The maximum absolute atomic E-state index is 14.6. The molecule has 1 saturated heterocycles. The molecule has 0 aromatic carbocycles. The molecule has 0 radical (unpaired) electrons. The summed E-state index contributed by atoms with van der Waals surface area (Å²) in [6.45, 7) is 0. The normalized spacial score (nSPS) is 19.0. The van der Waals surface area contributed by atoms with Crippen LogP contribution in [0, 0.1) is 12.3 Å². The molecule has 0 atom stereocenters. The van der Waals surface area contributed by atoms with Crippen LogP contribution in [0.2, 0.25) is 0 Å². The molecule has 2 heterocycles. The van der Waals surface area contributed by atoms with Gasteiger partial charge in [-0.25, -0.2) is 4.39 Å². The van der Waals surface area contributed by atoms with Crippen LogP contribution in [0.15, 0.2) is 17.1 Å². The number of thioether (sulfide) groups is 1. The third-order valence-corrected chi connectivity index (χ3v) is 3.82. The molecule has 1 aromatic rings. The predicted octanol–water partition coefficient (Wildman–Crippen LogP) is 2.05. The van der Waals surface area contributed by atoms with E-state index in [0.717, 1.165) is 11.5 Å². The van der Waals surface area contributed by atoms with Crippen LogP contribution in [-0.4, -0.2) is 16.5 Å². The first-order valence-corrected chi connectivity index (χ1v) is 6.28. The summed E-state index contributed by atoms with van der Waals surface area (Å²) >= 11 is 1.72. The molecule has 0 amide bonds. The fourth-order valence-electron chi connectivity index (χ4n) is 1.86. The Balaban J connectivity index is 2.46. The number of terminal acetylenes is 1. The Morgan fingerprint density at radius 1 is 1.50 bits per heavy atom. The Bertz CT molecular complexity index is 483. The van der Waals surface area contributed by atoms with Gasteiger partial charge in [-0.2, -0.15) is 11.8 Å². The van der Waals surface area contributed by atoms with Crippen molar-refractivity contribution in [2.75, 3.05) is 11.5 Å². The number of aromatic amines is 1. The van der Waals surface area contributed by atoms with Crippen molar-refractivity contribution in [2.24, 2.45) is 0 Å². The first-order chi connectivity index (χ1) is 7.65. The second kappa shape index (κ2) is 4.34. The molecule has 84 valence electrons. The lowest BCUT2D eigenvalue weighted by molar-refractivity contribution is 0.149. The van der Waals surface area contributed by atoms with Gasteiger partial charge in [0.25, 0.3) is 5.56 Å². The number of rotatable bonds is 1. The summed E-state index contributed by atoms with van der Waals surface area (Å²) in [4.78, 5) is 14.1. The lowest BCUT2D eigenvalue weighted by Crippen LogP contribution is -2.32. The van der Waals surface area contributed by atoms with Crippen molar-refractivity contribution in [3.63, 3.8) is 0 Å². The number of alkyl halides is 1. The van der Waals surface area contributed by atoms with Crippen LogP contribution in [0.5, 0.6) is 0 Å². The van der Waals surface area contributed by atoms with Crippen molar-refractivity contribution < 1.29 is 4.39 Å². The van der Waals surface area contributed by atoms with E-state index >= 15 is 0 Å². The largest absolute Gasteiger partial charge is 0.328 e. The van der Waals surface area contributed by atoms with Gasteiger partial charge >= 0.3 is 0 Å². The highest BCUT2D eigenvalue weighted by Crippen LogP contribution is 2.38. The number of halogens is 1. The van der Waals surface area contributed by atoms with Gasteiger partial charge in [-0.1, -0.05) is 5.92 Å². The van der Waals surface area contributed by atoms with Crippen LogP contribution in [0.1, 0.15) is 24.0 Å². The second-order valence-corrected chi connectivity index (χ2v) is 5.08. The lowest BCUT2D eigenvalue weighted by Gasteiger charge is -2.28. The summed E-state index contributed by atoms with van der Waals surface area (Å²) in [7, 11) is 0. The monoisotopic (exact) mass is 237 g/mol. The van der Waals surface area contributed by atoms with Crippen LogP contribution in [0.25, 0.3) is 0 Å². The van der Waals surface area contributed by atoms with E-state index < -0.39 is 5.67 Å². The van der Waals surface area contributed by atoms with E-state index in [1.54, 1.807) is 11.8 Å². The number of nitrogens with one attached hydrogen (secondary N) is 1. The van der Waals surface area contributed by atoms with Gasteiger partial charge in [-0.15, -0.1) is 6.42 Å². The van der Waals surface area contributed by atoms with Gasteiger partial charge in [-0.3, -0.25) is 4.79 Å². The van der Waals surface area contributed by atoms with E-state index in [0.29, 0.717) is 18.4 Å². The Labute approximate surface area is 97.6 Å². The molecule has 0 unspecified atom stereocenters. The third kappa shape index (κ3) is 2.00. The Morgan fingerprint density at radius 2 is 2.19 bits per heavy atom. The zero-order chi connectivity index (χ0) is 11.6. The Hall–Kier alpha value is -1.21. The zero-order valence-corrected chi connectivity index (χ0v) is 9.57. The number of hydrogen-bond donors (Lipinski definition) is 1. The van der Waals surface area contributed by atoms with E-state index in [9.17, 15) is 9.18 Å². The summed E-state index contributed by atoms with van der Waals surface area (Å²) in [5.74, 6) is 3.90. The van der Waals surface area contributed by atoms with Crippen molar-refractivity contribution >= 4 is 11.8 Å². The van der Waals surface area contributed by atoms with E-state index in [4.69, 9.17) is 6.42 Å². The molecule has 1 aromatic heterocycles. The highest BCUT2D eigenvalue weighted by Gasteiger charge is 2.36. The molecule has 2 nitrogen and oxygen atoms in total. The molecule has 1 N–H and O–H groups in total. The standard InChI is InChI=1S/C12H12FNOS/c1-2-9-7-10(11(15)14-8-9)12(13)3-5-16-6-4-12/h1,7-8H,3-6H2,(H,14,15). The van der Waals surface area contributed by atoms with E-state index in [-0.39, 0.29) is 11.1 Å². The van der Waals surface area contributed by atoms with Gasteiger partial charge in [0.05, 0.1) is 5.56 Å². The van der Waals surface area contributed by atoms with Gasteiger partial charge in [0.1, 0.15) is 5.67 Å². The third-order valence-electron chi connectivity index (χ3n) is 2.84. The van der Waals surface area contributed by atoms with E-state index in [2.05, 4.69) is 10.9 Å². The zero-order valence-electron chi connectivity index (χ0n) is 8.75. The van der Waals surface area contributed by atoms with Crippen LogP contribution in [-0.2, 0) is 5.67 Å². The molecule has 2 rings (SSSR count). The molecule has 4 heteroatoms. The number of aromatic nitrogens is 1. The van der Waals surface area contributed by atoms with Gasteiger partial charge in [0, 0.05) is 11.8 Å². The topological polar surface area (TPSA) is 32.9 Å². The van der Waals surface area contributed by atoms with Crippen molar-refractivity contribution in [1.82, 2.24) is 4.98 Å². The average molecular weight is 237 g/mol. The van der Waals surface area contributed by atoms with Crippen molar-refractivity contribution in [2.45, 2.75) is 18.5 Å². The SMILES string of the molecule is C#Cc1c[nH]c(=O)c(C2(F)CCSCC2)c1. The fourth-order valence-corrected chi connectivity index (χ4v) is 3.00. The Morgan fingerprint density at radius 3 is 2.81 bits per heavy atom. The first-order valence-electron chi connectivity index (χ1n) is 5.12. The molecule has 0 spiro atoms. The van der Waals surface area contributed by atoms with Gasteiger partial charge < -0.3 is 4.98 Å². The summed E-state index contributed by atoms with van der Waals surface area (Å²) in [5.41, 5.74) is -1.17. The highest BCUT2D eigenvalue weighted by molar-refractivity contribution is 7.99. The molecule has 0 bridgehead atoms. The minimum Gasteiger partial charge on any atom is -0.328 e. The second-order valence-electron chi connectivity index (χ2n) is 3.85. The average Bonchev–Trinajstić information content (AvgIpc) is 2.30. The lowest BCUT2D eigenvalue weighted by atomic mass is 9.90. The van der Waals surface area contributed by atoms with Gasteiger partial charge in [0.2, 0.25) is 0 Å². The van der Waals surface area contributed by atoms with E-state index in [1.807, 2.05) is 0 Å². The smallest absolute Gasteiger partial charge is 0.254 e. The molecule has 1 aliphatic rings. The van der Waals surface area contributed by atoms with Crippen molar-refractivity contribution in [3.05, 3.63) is 33.7 Å². The van der Waals surface area contributed by atoms with Crippen LogP contribution >= 0.6 is 11.8 Å². The maximum Gasteiger partial charge on any atom is 0.254 e. The molecular formula is C12H12FNOS. The van der Waals surface area contributed by atoms with Crippen molar-refractivity contribution in [3.8, 4) is 12.3 Å². The molecule has 0 saturated carbocycles. The molecule has 0 aliphatic carbocycles. The van der Waals surface area contributed by atoms with Gasteiger partial charge in [0.15, 0.2) is 0 Å². The number of hydrogen-bond acceptors (Lipinski definition) is 2. The molecule has 1 fully saturated rings. The first kappa shape index (κ1) is 11.3. The predicted molar refractivity (Wildman–Crippen MR) is 64.3 cm³/mol. The van der Waals surface area contributed by atoms with Crippen molar-refractivity contribution in [1.29, 1.82) is 0 Å². The minimum absolute atomic E-state index is 0.184. The van der Waals surface area contributed by atoms with Crippen LogP contribution in [0.4, 0.5) is 4.39 Å². The molecule has 16 heavy (non-hydrogen) atoms. The highest BCUT2D eigenvalue weighted by atomic mass is 32.2. The number of pyridine rings is 1. The summed E-state index contributed by atoms with van der Waals surface area (Å²) in [5, 5.41) is 0. The number of H-pyrrole nitrogens is 1. The van der Waals surface area contributed by atoms with Crippen LogP contribution < -0.4 is 5.56 Å². The summed E-state index contributed by atoms with van der Waals surface area (Å²) in [6.07, 6.45) is 7.45. The molecular weight excluding hydrogens is 225 g/mol. The Kier molecular flexibility index (Phi) is 3.06.